The van der Waals surface area contributed by atoms with Gasteiger partial charge in [-0.25, -0.2) is 4.98 Å². The van der Waals surface area contributed by atoms with Crippen molar-refractivity contribution in [3.8, 4) is 17.2 Å². The Bertz CT molecular complexity index is 1210. The summed E-state index contributed by atoms with van der Waals surface area (Å²) < 4.78 is 5.52. The van der Waals surface area contributed by atoms with Gasteiger partial charge in [-0.05, 0) is 74.3 Å². The second kappa shape index (κ2) is 9.67. The Morgan fingerprint density at radius 3 is 2.72 bits per heavy atom. The fraction of sp³-hybridized carbons (Fsp3) is 0.517. The maximum Gasteiger partial charge on any atom is 0.223 e. The summed E-state index contributed by atoms with van der Waals surface area (Å²) >= 11 is 0. The van der Waals surface area contributed by atoms with E-state index < -0.39 is 0 Å². The van der Waals surface area contributed by atoms with Crippen LogP contribution >= 0.6 is 0 Å². The Hall–Kier alpha value is -3.24. The summed E-state index contributed by atoms with van der Waals surface area (Å²) in [4.78, 5) is 27.0. The minimum absolute atomic E-state index is 0.196. The van der Waals surface area contributed by atoms with Crippen LogP contribution in [-0.2, 0) is 9.53 Å². The van der Waals surface area contributed by atoms with Crippen molar-refractivity contribution in [2.24, 2.45) is 5.92 Å². The molecule has 0 spiro atoms. The van der Waals surface area contributed by atoms with E-state index in [2.05, 4.69) is 27.4 Å². The standard InChI is InChI=1S/C29H33N5O2/c1-2-23-15-21(9-11-31-23)25-16-22(17-30)29(32-28(25)20-5-6-20)33-12-13-34(26(18-33)19-3-4-19)27(35)8-7-24-10-14-36-24/h2,9,11,15-16,19-20,24,26H,1,3-8,10,12-14,18H2/t24?,26-/m0/s1. The molecule has 2 aromatic heterocycles. The highest BCUT2D eigenvalue weighted by Gasteiger charge is 2.42. The summed E-state index contributed by atoms with van der Waals surface area (Å²) in [6.45, 7) is 6.81. The van der Waals surface area contributed by atoms with Crippen molar-refractivity contribution in [3.63, 3.8) is 0 Å². The average Bonchev–Trinajstić information content (AvgIpc) is 3.80. The fourth-order valence-corrected chi connectivity index (χ4v) is 5.60. The lowest BCUT2D eigenvalue weighted by atomic mass is 9.98. The molecule has 36 heavy (non-hydrogen) atoms. The molecule has 2 atom stereocenters. The number of pyridine rings is 2. The van der Waals surface area contributed by atoms with Crippen LogP contribution in [0.25, 0.3) is 17.2 Å². The fourth-order valence-electron chi connectivity index (χ4n) is 5.60. The third-order valence-corrected chi connectivity index (χ3v) is 8.10. The SMILES string of the molecule is C=Cc1cc(-c2cc(C#N)c(N3CCN(C(=O)CCC4CCO4)[C@H](C4CC4)C3)nc2C2CC2)ccn1. The molecular weight excluding hydrogens is 450 g/mol. The van der Waals surface area contributed by atoms with Crippen LogP contribution in [0.4, 0.5) is 5.82 Å². The molecular formula is C29H33N5O2. The van der Waals surface area contributed by atoms with Crippen molar-refractivity contribution in [2.45, 2.75) is 63.0 Å². The zero-order valence-electron chi connectivity index (χ0n) is 20.7. The third-order valence-electron chi connectivity index (χ3n) is 8.10. The number of ether oxygens (including phenoxy) is 1. The van der Waals surface area contributed by atoms with Gasteiger partial charge in [-0.1, -0.05) is 6.58 Å². The van der Waals surface area contributed by atoms with Crippen LogP contribution in [0, 0.1) is 17.2 Å². The van der Waals surface area contributed by atoms with Gasteiger partial charge >= 0.3 is 0 Å². The van der Waals surface area contributed by atoms with Gasteiger partial charge < -0.3 is 14.5 Å². The van der Waals surface area contributed by atoms with Crippen molar-refractivity contribution < 1.29 is 9.53 Å². The lowest BCUT2D eigenvalue weighted by molar-refractivity contribution is -0.136. The first kappa shape index (κ1) is 23.2. The normalized spacial score (nSPS) is 23.6. The molecule has 2 aliphatic heterocycles. The first-order chi connectivity index (χ1) is 17.6. The highest BCUT2D eigenvalue weighted by Crippen LogP contribution is 2.45. The molecule has 1 amide bonds. The average molecular weight is 484 g/mol. The molecule has 6 rings (SSSR count). The molecule has 0 aromatic carbocycles. The molecule has 0 N–H and O–H groups in total. The summed E-state index contributed by atoms with van der Waals surface area (Å²) in [5.74, 6) is 2.02. The summed E-state index contributed by atoms with van der Waals surface area (Å²) in [5.41, 5.74) is 4.54. The number of hydrogen-bond acceptors (Lipinski definition) is 6. The number of anilines is 1. The van der Waals surface area contributed by atoms with Gasteiger partial charge in [0.15, 0.2) is 0 Å². The van der Waals surface area contributed by atoms with Crippen molar-refractivity contribution in [3.05, 3.63) is 47.9 Å². The lowest BCUT2D eigenvalue weighted by Gasteiger charge is -2.43. The Morgan fingerprint density at radius 2 is 2.06 bits per heavy atom. The van der Waals surface area contributed by atoms with Gasteiger partial charge in [0.05, 0.1) is 29.1 Å². The number of amides is 1. The predicted octanol–water partition coefficient (Wildman–Crippen LogP) is 4.53. The molecule has 0 radical (unpaired) electrons. The van der Waals surface area contributed by atoms with Crippen molar-refractivity contribution >= 4 is 17.8 Å². The molecule has 7 heteroatoms. The Kier molecular flexibility index (Phi) is 6.22. The maximum absolute atomic E-state index is 13.1. The molecule has 4 heterocycles. The van der Waals surface area contributed by atoms with Crippen molar-refractivity contribution in [2.75, 3.05) is 31.1 Å². The molecule has 186 valence electrons. The number of hydrogen-bond donors (Lipinski definition) is 0. The first-order valence-corrected chi connectivity index (χ1v) is 13.3. The van der Waals surface area contributed by atoms with E-state index in [4.69, 9.17) is 9.72 Å². The van der Waals surface area contributed by atoms with Gasteiger partial charge in [0.25, 0.3) is 0 Å². The van der Waals surface area contributed by atoms with Gasteiger partial charge in [-0.2, -0.15) is 5.26 Å². The Morgan fingerprint density at radius 1 is 1.22 bits per heavy atom. The van der Waals surface area contributed by atoms with E-state index in [0.717, 1.165) is 67.2 Å². The summed E-state index contributed by atoms with van der Waals surface area (Å²) in [7, 11) is 0. The molecule has 4 fully saturated rings. The van der Waals surface area contributed by atoms with Crippen LogP contribution in [0.3, 0.4) is 0 Å². The summed E-state index contributed by atoms with van der Waals surface area (Å²) in [6, 6.07) is 8.63. The van der Waals surface area contributed by atoms with Crippen LogP contribution in [0.15, 0.2) is 31.0 Å². The molecule has 2 saturated heterocycles. The Balaban J connectivity index is 1.27. The number of carbonyl (C=O) groups is 1. The van der Waals surface area contributed by atoms with Crippen LogP contribution in [0.2, 0.25) is 0 Å². The highest BCUT2D eigenvalue weighted by molar-refractivity contribution is 5.77. The predicted molar refractivity (Wildman–Crippen MR) is 138 cm³/mol. The zero-order valence-corrected chi connectivity index (χ0v) is 20.7. The number of nitriles is 1. The molecule has 4 aliphatic rings. The van der Waals surface area contributed by atoms with Crippen molar-refractivity contribution in [1.29, 1.82) is 5.26 Å². The summed E-state index contributed by atoms with van der Waals surface area (Å²) in [6.07, 6.45) is 10.9. The summed E-state index contributed by atoms with van der Waals surface area (Å²) in [5, 5.41) is 10.1. The van der Waals surface area contributed by atoms with Gasteiger partial charge in [-0.15, -0.1) is 0 Å². The molecule has 2 saturated carbocycles. The lowest BCUT2D eigenvalue weighted by Crippen LogP contribution is -2.56. The molecule has 2 aromatic rings. The number of piperazine rings is 1. The first-order valence-electron chi connectivity index (χ1n) is 13.3. The van der Waals surface area contributed by atoms with Gasteiger partial charge in [-0.3, -0.25) is 9.78 Å². The zero-order chi connectivity index (χ0) is 24.6. The molecule has 7 nitrogen and oxygen atoms in total. The molecule has 2 aliphatic carbocycles. The number of carbonyl (C=O) groups excluding carboxylic acids is 1. The van der Waals surface area contributed by atoms with Crippen molar-refractivity contribution in [1.82, 2.24) is 14.9 Å². The highest BCUT2D eigenvalue weighted by atomic mass is 16.5. The molecule has 0 bridgehead atoms. The minimum atomic E-state index is 0.196. The topological polar surface area (TPSA) is 82.4 Å². The largest absolute Gasteiger partial charge is 0.378 e. The van der Waals surface area contributed by atoms with E-state index in [0.29, 0.717) is 36.9 Å². The van der Waals surface area contributed by atoms with Gasteiger partial charge in [0, 0.05) is 50.3 Å². The number of aromatic nitrogens is 2. The minimum Gasteiger partial charge on any atom is -0.378 e. The second-order valence-electron chi connectivity index (χ2n) is 10.6. The van der Waals surface area contributed by atoms with Crippen LogP contribution < -0.4 is 4.90 Å². The third kappa shape index (κ3) is 4.62. The second-order valence-corrected chi connectivity index (χ2v) is 10.6. The number of rotatable bonds is 8. The van der Waals surface area contributed by atoms with Crippen LogP contribution in [0.1, 0.15) is 67.8 Å². The van der Waals surface area contributed by atoms with E-state index in [-0.39, 0.29) is 18.1 Å². The molecule has 1 unspecified atom stereocenters. The van der Waals surface area contributed by atoms with E-state index in [1.807, 2.05) is 18.2 Å². The van der Waals surface area contributed by atoms with E-state index >= 15 is 0 Å². The maximum atomic E-state index is 13.1. The van der Waals surface area contributed by atoms with Gasteiger partial charge in [0.1, 0.15) is 11.9 Å². The van der Waals surface area contributed by atoms with Crippen LogP contribution in [-0.4, -0.2) is 59.2 Å². The number of nitrogens with zero attached hydrogens (tertiary/aromatic N) is 5. The Labute approximate surface area is 212 Å². The van der Waals surface area contributed by atoms with Crippen LogP contribution in [0.5, 0.6) is 0 Å². The van der Waals surface area contributed by atoms with E-state index in [1.54, 1.807) is 12.3 Å². The monoisotopic (exact) mass is 483 g/mol. The van der Waals surface area contributed by atoms with E-state index in [1.165, 1.54) is 12.8 Å². The van der Waals surface area contributed by atoms with Gasteiger partial charge in [0.2, 0.25) is 5.91 Å². The smallest absolute Gasteiger partial charge is 0.223 e. The quantitative estimate of drug-likeness (QED) is 0.549. The van der Waals surface area contributed by atoms with E-state index in [9.17, 15) is 10.1 Å².